The first-order chi connectivity index (χ1) is 11.2. The lowest BCUT2D eigenvalue weighted by Crippen LogP contribution is -2.23. The monoisotopic (exact) mass is 317 g/mol. The van der Waals surface area contributed by atoms with E-state index in [2.05, 4.69) is 45.6 Å². The van der Waals surface area contributed by atoms with Gasteiger partial charge < -0.3 is 15.6 Å². The Balaban J connectivity index is 0.000000595. The Labute approximate surface area is 139 Å². The molecule has 2 aromatic heterocycles. The van der Waals surface area contributed by atoms with E-state index in [9.17, 15) is 0 Å². The van der Waals surface area contributed by atoms with Gasteiger partial charge in [-0.2, -0.15) is 0 Å². The topological polar surface area (TPSA) is 65.6 Å². The van der Waals surface area contributed by atoms with E-state index in [4.69, 9.17) is 0 Å². The molecule has 1 unspecified atom stereocenters. The minimum Gasteiger partial charge on any atom is -0.367 e. The molecule has 2 aromatic rings. The number of hydrogen-bond donors (Lipinski definition) is 3. The van der Waals surface area contributed by atoms with Crippen molar-refractivity contribution in [1.29, 1.82) is 0 Å². The van der Waals surface area contributed by atoms with E-state index >= 15 is 0 Å². The molecule has 1 aliphatic rings. The lowest BCUT2D eigenvalue weighted by Gasteiger charge is -2.23. The lowest BCUT2D eigenvalue weighted by molar-refractivity contribution is 0.462. The minimum atomic E-state index is 0.529. The van der Waals surface area contributed by atoms with Crippen molar-refractivity contribution in [2.24, 2.45) is 0 Å². The van der Waals surface area contributed by atoms with Crippen LogP contribution in [0.1, 0.15) is 63.9 Å². The summed E-state index contributed by atoms with van der Waals surface area (Å²) in [5.74, 6) is 1.54. The third kappa shape index (κ3) is 4.44. The highest BCUT2D eigenvalue weighted by atomic mass is 15.1. The maximum absolute atomic E-state index is 4.51. The standard InChI is InChI=1S/C16H24N4.C2H7N/c1-3-11(2)13-9-17-15-14(13)16(19-10-18-15)20-12-7-5-4-6-8-12;1-3-2/h9-12H,3-8H2,1-2H3,(H2,17,18,19,20);3H,1-2H3. The van der Waals surface area contributed by atoms with Crippen LogP contribution in [0.25, 0.3) is 11.0 Å². The minimum absolute atomic E-state index is 0.529. The number of aromatic amines is 1. The Morgan fingerprint density at radius 1 is 1.22 bits per heavy atom. The van der Waals surface area contributed by atoms with Gasteiger partial charge in [-0.15, -0.1) is 0 Å². The molecule has 0 spiro atoms. The number of H-pyrrole nitrogens is 1. The summed E-state index contributed by atoms with van der Waals surface area (Å²) in [5.41, 5.74) is 2.29. The van der Waals surface area contributed by atoms with Crippen LogP contribution < -0.4 is 10.6 Å². The predicted molar refractivity (Wildman–Crippen MR) is 98.1 cm³/mol. The number of fused-ring (bicyclic) bond motifs is 1. The van der Waals surface area contributed by atoms with Gasteiger partial charge in [0.15, 0.2) is 0 Å². The molecule has 0 bridgehead atoms. The van der Waals surface area contributed by atoms with Gasteiger partial charge in [-0.05, 0) is 44.8 Å². The summed E-state index contributed by atoms with van der Waals surface area (Å²) in [7, 11) is 3.75. The van der Waals surface area contributed by atoms with Gasteiger partial charge in [-0.1, -0.05) is 33.1 Å². The van der Waals surface area contributed by atoms with Crippen LogP contribution in [-0.2, 0) is 0 Å². The SMILES string of the molecule is CCC(C)c1c[nH]c2ncnc(NC3CCCCC3)c12.CNC. The normalized spacial score (nSPS) is 16.7. The molecule has 0 radical (unpaired) electrons. The number of rotatable bonds is 4. The molecule has 1 saturated carbocycles. The molecule has 0 aliphatic heterocycles. The van der Waals surface area contributed by atoms with Gasteiger partial charge in [0.05, 0.1) is 5.39 Å². The van der Waals surface area contributed by atoms with Crippen LogP contribution in [0.5, 0.6) is 0 Å². The third-order valence-corrected chi connectivity index (χ3v) is 4.59. The van der Waals surface area contributed by atoms with Crippen molar-refractivity contribution in [1.82, 2.24) is 20.3 Å². The van der Waals surface area contributed by atoms with Crippen molar-refractivity contribution >= 4 is 16.9 Å². The summed E-state index contributed by atoms with van der Waals surface area (Å²) in [6, 6.07) is 0.571. The Kier molecular flexibility index (Phi) is 6.84. The van der Waals surface area contributed by atoms with Crippen LogP contribution in [0.3, 0.4) is 0 Å². The number of anilines is 1. The van der Waals surface area contributed by atoms with Crippen LogP contribution in [0, 0.1) is 0 Å². The number of hydrogen-bond acceptors (Lipinski definition) is 4. The predicted octanol–water partition coefficient (Wildman–Crippen LogP) is 4.05. The summed E-state index contributed by atoms with van der Waals surface area (Å²) in [4.78, 5) is 12.2. The number of nitrogens with one attached hydrogen (secondary N) is 3. The van der Waals surface area contributed by atoms with E-state index in [1.165, 1.54) is 43.1 Å². The van der Waals surface area contributed by atoms with Crippen LogP contribution in [0.4, 0.5) is 5.82 Å². The van der Waals surface area contributed by atoms with Crippen LogP contribution in [0.2, 0.25) is 0 Å². The fourth-order valence-corrected chi connectivity index (χ4v) is 3.15. The molecule has 1 atom stereocenters. The zero-order valence-electron chi connectivity index (χ0n) is 14.9. The lowest BCUT2D eigenvalue weighted by atomic mass is 9.95. The van der Waals surface area contributed by atoms with Gasteiger partial charge in [-0.3, -0.25) is 0 Å². The van der Waals surface area contributed by atoms with Crippen LogP contribution >= 0.6 is 0 Å². The largest absolute Gasteiger partial charge is 0.367 e. The van der Waals surface area contributed by atoms with Crippen molar-refractivity contribution in [3.63, 3.8) is 0 Å². The first-order valence-corrected chi connectivity index (χ1v) is 8.88. The number of aromatic nitrogens is 3. The Morgan fingerprint density at radius 3 is 2.57 bits per heavy atom. The summed E-state index contributed by atoms with van der Waals surface area (Å²) in [6.07, 6.45) is 11.4. The van der Waals surface area contributed by atoms with Crippen molar-refractivity contribution in [2.75, 3.05) is 19.4 Å². The quantitative estimate of drug-likeness (QED) is 0.796. The molecule has 23 heavy (non-hydrogen) atoms. The van der Waals surface area contributed by atoms with Gasteiger partial charge in [0.1, 0.15) is 17.8 Å². The molecule has 0 saturated heterocycles. The van der Waals surface area contributed by atoms with Crippen molar-refractivity contribution in [3.05, 3.63) is 18.1 Å². The first-order valence-electron chi connectivity index (χ1n) is 8.88. The van der Waals surface area contributed by atoms with E-state index < -0.39 is 0 Å². The molecule has 5 nitrogen and oxygen atoms in total. The van der Waals surface area contributed by atoms with Gasteiger partial charge in [-0.25, -0.2) is 9.97 Å². The first kappa shape index (κ1) is 17.7. The zero-order chi connectivity index (χ0) is 16.7. The molecular formula is C18H31N5. The second kappa shape index (κ2) is 8.87. The average Bonchev–Trinajstić information content (AvgIpc) is 3.01. The average molecular weight is 317 g/mol. The maximum Gasteiger partial charge on any atom is 0.143 e. The fraction of sp³-hybridized carbons (Fsp3) is 0.667. The Bertz CT molecular complexity index is 586. The highest BCUT2D eigenvalue weighted by molar-refractivity contribution is 5.90. The van der Waals surface area contributed by atoms with E-state index in [0.29, 0.717) is 12.0 Å². The molecule has 0 amide bonds. The van der Waals surface area contributed by atoms with Gasteiger partial charge in [0.25, 0.3) is 0 Å². The highest BCUT2D eigenvalue weighted by Gasteiger charge is 2.18. The van der Waals surface area contributed by atoms with Gasteiger partial charge >= 0.3 is 0 Å². The maximum atomic E-state index is 4.51. The van der Waals surface area contributed by atoms with Crippen LogP contribution in [-0.4, -0.2) is 35.1 Å². The van der Waals surface area contributed by atoms with E-state index in [-0.39, 0.29) is 0 Å². The molecule has 1 fully saturated rings. The molecule has 5 heteroatoms. The zero-order valence-corrected chi connectivity index (χ0v) is 14.9. The summed E-state index contributed by atoms with van der Waals surface area (Å²) in [5, 5.41) is 7.60. The summed E-state index contributed by atoms with van der Waals surface area (Å²) >= 11 is 0. The Morgan fingerprint density at radius 2 is 1.91 bits per heavy atom. The Hall–Kier alpha value is -1.62. The molecule has 3 rings (SSSR count). The summed E-state index contributed by atoms with van der Waals surface area (Å²) < 4.78 is 0. The summed E-state index contributed by atoms with van der Waals surface area (Å²) in [6.45, 7) is 4.49. The second-order valence-corrected chi connectivity index (χ2v) is 6.48. The number of nitrogens with zero attached hydrogens (tertiary/aromatic N) is 2. The van der Waals surface area contributed by atoms with Crippen molar-refractivity contribution in [3.8, 4) is 0 Å². The molecule has 128 valence electrons. The van der Waals surface area contributed by atoms with Crippen molar-refractivity contribution in [2.45, 2.75) is 64.3 Å². The van der Waals surface area contributed by atoms with E-state index in [1.54, 1.807) is 6.33 Å². The molecule has 1 aliphatic carbocycles. The molecule has 0 aromatic carbocycles. The second-order valence-electron chi connectivity index (χ2n) is 6.48. The molecular weight excluding hydrogens is 286 g/mol. The highest BCUT2D eigenvalue weighted by Crippen LogP contribution is 2.32. The van der Waals surface area contributed by atoms with E-state index in [0.717, 1.165) is 17.9 Å². The fourth-order valence-electron chi connectivity index (χ4n) is 3.15. The molecule has 3 N–H and O–H groups in total. The van der Waals surface area contributed by atoms with Gasteiger partial charge in [0.2, 0.25) is 0 Å². The third-order valence-electron chi connectivity index (χ3n) is 4.59. The van der Waals surface area contributed by atoms with E-state index in [1.807, 2.05) is 14.1 Å². The van der Waals surface area contributed by atoms with Crippen molar-refractivity contribution < 1.29 is 0 Å². The van der Waals surface area contributed by atoms with Crippen LogP contribution in [0.15, 0.2) is 12.5 Å². The van der Waals surface area contributed by atoms with Gasteiger partial charge in [0, 0.05) is 12.2 Å². The smallest absolute Gasteiger partial charge is 0.143 e. The molecule has 2 heterocycles.